The zero-order valence-corrected chi connectivity index (χ0v) is 16.1. The van der Waals surface area contributed by atoms with Crippen LogP contribution in [0.1, 0.15) is 31.7 Å². The van der Waals surface area contributed by atoms with Gasteiger partial charge in [-0.2, -0.15) is 0 Å². The standard InChI is InChI=1S/C22H30N2.ClH/c1-20-10-8-9-15-23(18-20)16-17-24(22-13-6-3-7-14-22)19-21-11-4-2-5-12-21;/h2-7,11-14,20H,8-10,15-19H2,1H3;1H. The zero-order chi connectivity index (χ0) is 16.6. The molecule has 1 atom stereocenters. The van der Waals surface area contributed by atoms with Crippen molar-refractivity contribution in [3.63, 3.8) is 0 Å². The molecule has 0 spiro atoms. The fourth-order valence-electron chi connectivity index (χ4n) is 3.66. The molecule has 136 valence electrons. The third-order valence-corrected chi connectivity index (χ3v) is 5.01. The van der Waals surface area contributed by atoms with Gasteiger partial charge in [-0.25, -0.2) is 0 Å². The Hall–Kier alpha value is -1.51. The number of hydrogen-bond acceptors (Lipinski definition) is 2. The highest BCUT2D eigenvalue weighted by molar-refractivity contribution is 5.85. The van der Waals surface area contributed by atoms with Crippen molar-refractivity contribution in [2.24, 2.45) is 5.92 Å². The first-order valence-electron chi connectivity index (χ1n) is 9.37. The predicted octanol–water partition coefficient (Wildman–Crippen LogP) is 5.24. The van der Waals surface area contributed by atoms with Crippen LogP contribution >= 0.6 is 12.4 Å². The summed E-state index contributed by atoms with van der Waals surface area (Å²) in [6.07, 6.45) is 4.14. The lowest BCUT2D eigenvalue weighted by Crippen LogP contribution is -2.36. The van der Waals surface area contributed by atoms with Crippen molar-refractivity contribution in [1.29, 1.82) is 0 Å². The summed E-state index contributed by atoms with van der Waals surface area (Å²) in [5.41, 5.74) is 2.70. The Morgan fingerprint density at radius 3 is 2.36 bits per heavy atom. The highest BCUT2D eigenvalue weighted by atomic mass is 35.5. The van der Waals surface area contributed by atoms with Gasteiger partial charge < -0.3 is 9.80 Å². The van der Waals surface area contributed by atoms with E-state index in [0.717, 1.165) is 25.6 Å². The molecule has 2 aromatic rings. The van der Waals surface area contributed by atoms with E-state index < -0.39 is 0 Å². The smallest absolute Gasteiger partial charge is 0.0430 e. The molecule has 1 saturated heterocycles. The Labute approximate surface area is 159 Å². The summed E-state index contributed by atoms with van der Waals surface area (Å²) < 4.78 is 0. The number of para-hydroxylation sites is 1. The summed E-state index contributed by atoms with van der Waals surface area (Å²) in [6.45, 7) is 8.15. The second-order valence-corrected chi connectivity index (χ2v) is 7.14. The largest absolute Gasteiger partial charge is 0.366 e. The highest BCUT2D eigenvalue weighted by Gasteiger charge is 2.16. The van der Waals surface area contributed by atoms with Gasteiger partial charge in [0.25, 0.3) is 0 Å². The van der Waals surface area contributed by atoms with Crippen LogP contribution in [0, 0.1) is 5.92 Å². The summed E-state index contributed by atoms with van der Waals surface area (Å²) in [7, 11) is 0. The average Bonchev–Trinajstić information content (AvgIpc) is 2.84. The van der Waals surface area contributed by atoms with Gasteiger partial charge in [0.2, 0.25) is 0 Å². The van der Waals surface area contributed by atoms with Crippen molar-refractivity contribution in [2.75, 3.05) is 31.1 Å². The summed E-state index contributed by atoms with van der Waals surface area (Å²) in [6, 6.07) is 21.7. The second kappa shape index (κ2) is 10.5. The Morgan fingerprint density at radius 2 is 1.64 bits per heavy atom. The molecule has 1 unspecified atom stereocenters. The van der Waals surface area contributed by atoms with Gasteiger partial charge in [0.1, 0.15) is 0 Å². The highest BCUT2D eigenvalue weighted by Crippen LogP contribution is 2.19. The molecule has 1 fully saturated rings. The SMILES string of the molecule is CC1CCCCN(CCN(Cc2ccccc2)c2ccccc2)C1.Cl. The molecule has 3 rings (SSSR count). The monoisotopic (exact) mass is 358 g/mol. The molecule has 2 nitrogen and oxygen atoms in total. The first-order chi connectivity index (χ1) is 11.8. The first kappa shape index (κ1) is 19.8. The van der Waals surface area contributed by atoms with Gasteiger partial charge in [0.15, 0.2) is 0 Å². The summed E-state index contributed by atoms with van der Waals surface area (Å²) in [4.78, 5) is 5.18. The number of likely N-dealkylation sites (tertiary alicyclic amines) is 1. The minimum Gasteiger partial charge on any atom is -0.366 e. The Kier molecular flexibility index (Phi) is 8.30. The second-order valence-electron chi connectivity index (χ2n) is 7.14. The quantitative estimate of drug-likeness (QED) is 0.697. The minimum absolute atomic E-state index is 0. The number of hydrogen-bond donors (Lipinski definition) is 0. The fourth-order valence-corrected chi connectivity index (χ4v) is 3.66. The molecular weight excluding hydrogens is 328 g/mol. The van der Waals surface area contributed by atoms with Gasteiger partial charge in [0.05, 0.1) is 0 Å². The lowest BCUT2D eigenvalue weighted by molar-refractivity contribution is 0.261. The van der Waals surface area contributed by atoms with Gasteiger partial charge in [-0.3, -0.25) is 0 Å². The molecule has 0 saturated carbocycles. The number of benzene rings is 2. The van der Waals surface area contributed by atoms with Crippen LogP contribution in [0.2, 0.25) is 0 Å². The van der Waals surface area contributed by atoms with Gasteiger partial charge in [-0.1, -0.05) is 61.9 Å². The van der Waals surface area contributed by atoms with Crippen LogP contribution in [0.25, 0.3) is 0 Å². The van der Waals surface area contributed by atoms with Crippen LogP contribution in [0.15, 0.2) is 60.7 Å². The van der Waals surface area contributed by atoms with E-state index in [4.69, 9.17) is 0 Å². The van der Waals surface area contributed by atoms with E-state index in [-0.39, 0.29) is 12.4 Å². The lowest BCUT2D eigenvalue weighted by atomic mass is 10.1. The van der Waals surface area contributed by atoms with Crippen molar-refractivity contribution in [3.8, 4) is 0 Å². The zero-order valence-electron chi connectivity index (χ0n) is 15.3. The molecule has 1 heterocycles. The van der Waals surface area contributed by atoms with Crippen molar-refractivity contribution >= 4 is 18.1 Å². The minimum atomic E-state index is 0. The molecule has 0 bridgehead atoms. The first-order valence-corrected chi connectivity index (χ1v) is 9.37. The van der Waals surface area contributed by atoms with Crippen LogP contribution in [0.4, 0.5) is 5.69 Å². The van der Waals surface area contributed by atoms with Crippen molar-refractivity contribution in [2.45, 2.75) is 32.7 Å². The summed E-state index contributed by atoms with van der Waals surface area (Å²) in [5.74, 6) is 0.840. The van der Waals surface area contributed by atoms with E-state index in [2.05, 4.69) is 77.4 Å². The molecule has 2 aromatic carbocycles. The molecule has 0 aliphatic carbocycles. The van der Waals surface area contributed by atoms with Crippen LogP contribution < -0.4 is 4.90 Å². The topological polar surface area (TPSA) is 6.48 Å². The van der Waals surface area contributed by atoms with Gasteiger partial charge in [0, 0.05) is 31.9 Å². The third kappa shape index (κ3) is 6.37. The maximum atomic E-state index is 2.67. The summed E-state index contributed by atoms with van der Waals surface area (Å²) in [5, 5.41) is 0. The third-order valence-electron chi connectivity index (χ3n) is 5.01. The van der Waals surface area contributed by atoms with E-state index in [1.165, 1.54) is 43.6 Å². The number of rotatable bonds is 6. The van der Waals surface area contributed by atoms with Gasteiger partial charge in [-0.05, 0) is 43.0 Å². The molecular formula is C22H31ClN2. The maximum absolute atomic E-state index is 2.67. The van der Waals surface area contributed by atoms with E-state index >= 15 is 0 Å². The Morgan fingerprint density at radius 1 is 0.960 bits per heavy atom. The van der Waals surface area contributed by atoms with Crippen molar-refractivity contribution in [3.05, 3.63) is 66.2 Å². The van der Waals surface area contributed by atoms with E-state index in [1.54, 1.807) is 0 Å². The Bertz CT molecular complexity index is 587. The van der Waals surface area contributed by atoms with Gasteiger partial charge in [-0.15, -0.1) is 12.4 Å². The molecule has 1 aliphatic heterocycles. The molecule has 0 N–H and O–H groups in total. The van der Waals surface area contributed by atoms with E-state index in [9.17, 15) is 0 Å². The van der Waals surface area contributed by atoms with Crippen molar-refractivity contribution in [1.82, 2.24) is 4.90 Å². The van der Waals surface area contributed by atoms with E-state index in [1.807, 2.05) is 0 Å². The fraction of sp³-hybridized carbons (Fsp3) is 0.455. The van der Waals surface area contributed by atoms with Crippen molar-refractivity contribution < 1.29 is 0 Å². The van der Waals surface area contributed by atoms with Crippen LogP contribution in [0.5, 0.6) is 0 Å². The maximum Gasteiger partial charge on any atom is 0.0430 e. The van der Waals surface area contributed by atoms with Crippen LogP contribution in [-0.4, -0.2) is 31.1 Å². The molecule has 0 aromatic heterocycles. The average molecular weight is 359 g/mol. The molecule has 0 radical (unpaired) electrons. The predicted molar refractivity (Wildman–Crippen MR) is 111 cm³/mol. The number of halogens is 1. The Balaban J connectivity index is 0.00000225. The molecule has 1 aliphatic rings. The number of anilines is 1. The van der Waals surface area contributed by atoms with Gasteiger partial charge >= 0.3 is 0 Å². The van der Waals surface area contributed by atoms with Crippen LogP contribution in [-0.2, 0) is 6.54 Å². The van der Waals surface area contributed by atoms with E-state index in [0.29, 0.717) is 0 Å². The molecule has 3 heteroatoms. The van der Waals surface area contributed by atoms with Crippen LogP contribution in [0.3, 0.4) is 0 Å². The molecule has 0 amide bonds. The number of nitrogens with zero attached hydrogens (tertiary/aromatic N) is 2. The summed E-state index contributed by atoms with van der Waals surface area (Å²) >= 11 is 0. The molecule has 25 heavy (non-hydrogen) atoms. The normalized spacial score (nSPS) is 18.2. The lowest BCUT2D eigenvalue weighted by Gasteiger charge is -2.29.